The summed E-state index contributed by atoms with van der Waals surface area (Å²) in [5, 5.41) is 6.39. The standard InChI is InChI=1S/C18H17F3N4O2S/c1-12-10-13(8-9-15(12)22-2)16-11-17(18(19,20)21)23-25(16)24-28(26,27)14-6-4-3-5-7-14/h3-11,22,24H,1-2H3. The number of anilines is 1. The molecule has 2 aromatic carbocycles. The van der Waals surface area contributed by atoms with Crippen molar-refractivity contribution in [3.8, 4) is 11.3 Å². The molecule has 28 heavy (non-hydrogen) atoms. The Morgan fingerprint density at radius 2 is 1.71 bits per heavy atom. The molecule has 0 amide bonds. The molecule has 0 aliphatic carbocycles. The van der Waals surface area contributed by atoms with E-state index in [-0.39, 0.29) is 10.6 Å². The summed E-state index contributed by atoms with van der Waals surface area (Å²) in [4.78, 5) is 2.65. The summed E-state index contributed by atoms with van der Waals surface area (Å²) in [6, 6.07) is 13.1. The average Bonchev–Trinajstić information content (AvgIpc) is 3.06. The van der Waals surface area contributed by atoms with E-state index < -0.39 is 21.9 Å². The van der Waals surface area contributed by atoms with Crippen LogP contribution in [0.25, 0.3) is 11.3 Å². The maximum Gasteiger partial charge on any atom is 0.435 e. The number of aromatic nitrogens is 2. The van der Waals surface area contributed by atoms with Gasteiger partial charge in [-0.2, -0.15) is 31.2 Å². The maximum atomic E-state index is 13.2. The molecule has 0 spiro atoms. The van der Waals surface area contributed by atoms with Crippen molar-refractivity contribution in [2.24, 2.45) is 0 Å². The number of halogens is 3. The molecule has 3 aromatic rings. The lowest BCUT2D eigenvalue weighted by Gasteiger charge is -2.12. The van der Waals surface area contributed by atoms with E-state index >= 15 is 0 Å². The molecule has 6 nitrogen and oxygen atoms in total. The number of rotatable bonds is 5. The van der Waals surface area contributed by atoms with Crippen molar-refractivity contribution >= 4 is 15.7 Å². The molecular weight excluding hydrogens is 393 g/mol. The summed E-state index contributed by atoms with van der Waals surface area (Å²) >= 11 is 0. The van der Waals surface area contributed by atoms with Crippen molar-refractivity contribution in [1.82, 2.24) is 9.89 Å². The largest absolute Gasteiger partial charge is 0.435 e. The zero-order valence-electron chi connectivity index (χ0n) is 14.9. The number of aryl methyl sites for hydroxylation is 1. The van der Waals surface area contributed by atoms with Crippen LogP contribution in [0.2, 0.25) is 0 Å². The Morgan fingerprint density at radius 1 is 1.04 bits per heavy atom. The predicted molar refractivity (Wildman–Crippen MR) is 99.9 cm³/mol. The predicted octanol–water partition coefficient (Wildman–Crippen LogP) is 3.85. The molecule has 2 N–H and O–H groups in total. The number of nitrogens with zero attached hydrogens (tertiary/aromatic N) is 2. The van der Waals surface area contributed by atoms with Gasteiger partial charge in [0, 0.05) is 18.3 Å². The first-order chi connectivity index (χ1) is 13.1. The van der Waals surface area contributed by atoms with Gasteiger partial charge in [-0.1, -0.05) is 24.3 Å². The Kier molecular flexibility index (Phi) is 5.07. The van der Waals surface area contributed by atoms with Gasteiger partial charge in [-0.15, -0.1) is 5.10 Å². The number of benzene rings is 2. The van der Waals surface area contributed by atoms with Crippen molar-refractivity contribution in [2.45, 2.75) is 18.0 Å². The Bertz CT molecular complexity index is 1090. The van der Waals surface area contributed by atoms with Crippen LogP contribution < -0.4 is 10.1 Å². The first kappa shape index (κ1) is 19.7. The monoisotopic (exact) mass is 410 g/mol. The van der Waals surface area contributed by atoms with Gasteiger partial charge in [-0.25, -0.2) is 0 Å². The zero-order chi connectivity index (χ0) is 20.5. The third kappa shape index (κ3) is 3.96. The van der Waals surface area contributed by atoms with Gasteiger partial charge in [0.2, 0.25) is 0 Å². The summed E-state index contributed by atoms with van der Waals surface area (Å²) < 4.78 is 64.7. The second-order valence-corrected chi connectivity index (χ2v) is 7.67. The number of hydrogen-bond acceptors (Lipinski definition) is 4. The molecule has 0 unspecified atom stereocenters. The zero-order valence-corrected chi connectivity index (χ0v) is 15.8. The third-order valence-electron chi connectivity index (χ3n) is 4.05. The van der Waals surface area contributed by atoms with Gasteiger partial charge in [0.25, 0.3) is 10.0 Å². The molecule has 0 aliphatic rings. The van der Waals surface area contributed by atoms with Gasteiger partial charge in [0.15, 0.2) is 5.69 Å². The van der Waals surface area contributed by atoms with Gasteiger partial charge in [0.1, 0.15) is 0 Å². The van der Waals surface area contributed by atoms with Crippen molar-refractivity contribution in [3.05, 3.63) is 65.9 Å². The number of sulfonamides is 1. The highest BCUT2D eigenvalue weighted by Crippen LogP contribution is 2.32. The van der Waals surface area contributed by atoms with Crippen LogP contribution in [0.5, 0.6) is 0 Å². The van der Waals surface area contributed by atoms with Gasteiger partial charge >= 0.3 is 6.18 Å². The van der Waals surface area contributed by atoms with Crippen LogP contribution in [0.1, 0.15) is 11.3 Å². The lowest BCUT2D eigenvalue weighted by Crippen LogP contribution is -2.25. The maximum absolute atomic E-state index is 13.2. The van der Waals surface area contributed by atoms with E-state index in [0.717, 1.165) is 17.3 Å². The summed E-state index contributed by atoms with van der Waals surface area (Å²) in [7, 11) is -2.40. The van der Waals surface area contributed by atoms with Crippen molar-refractivity contribution in [2.75, 3.05) is 17.2 Å². The highest BCUT2D eigenvalue weighted by atomic mass is 32.2. The summed E-state index contributed by atoms with van der Waals surface area (Å²) in [6.45, 7) is 1.79. The van der Waals surface area contributed by atoms with Crippen LogP contribution in [0, 0.1) is 6.92 Å². The molecule has 0 fully saturated rings. The molecule has 148 valence electrons. The second-order valence-electron chi connectivity index (χ2n) is 6.01. The molecule has 0 aliphatic heterocycles. The molecule has 0 radical (unpaired) electrons. The van der Waals surface area contributed by atoms with Crippen LogP contribution in [0.15, 0.2) is 59.5 Å². The van der Waals surface area contributed by atoms with Crippen molar-refractivity contribution in [1.29, 1.82) is 0 Å². The second kappa shape index (κ2) is 7.19. The van der Waals surface area contributed by atoms with E-state index in [9.17, 15) is 21.6 Å². The normalized spacial score (nSPS) is 12.0. The number of alkyl halides is 3. The molecule has 10 heteroatoms. The quantitative estimate of drug-likeness (QED) is 0.670. The SMILES string of the molecule is CNc1ccc(-c2cc(C(F)(F)F)nn2NS(=O)(=O)c2ccccc2)cc1C. The molecule has 0 bridgehead atoms. The highest BCUT2D eigenvalue weighted by Gasteiger charge is 2.35. The fourth-order valence-corrected chi connectivity index (χ4v) is 3.65. The lowest BCUT2D eigenvalue weighted by atomic mass is 10.1. The van der Waals surface area contributed by atoms with E-state index in [4.69, 9.17) is 0 Å². The molecule has 0 atom stereocenters. The van der Waals surface area contributed by atoms with Gasteiger partial charge in [-0.3, -0.25) is 0 Å². The Labute approximate surface area is 160 Å². The van der Waals surface area contributed by atoms with Crippen LogP contribution in [0.3, 0.4) is 0 Å². The fraction of sp³-hybridized carbons (Fsp3) is 0.167. The molecule has 1 heterocycles. The van der Waals surface area contributed by atoms with Crippen LogP contribution in [-0.2, 0) is 16.2 Å². The Balaban J connectivity index is 2.10. The van der Waals surface area contributed by atoms with E-state index in [1.807, 2.05) is 0 Å². The summed E-state index contributed by atoms with van der Waals surface area (Å²) in [6.07, 6.45) is -4.72. The lowest BCUT2D eigenvalue weighted by molar-refractivity contribution is -0.141. The Hall–Kier alpha value is -3.01. The topological polar surface area (TPSA) is 76.0 Å². The fourth-order valence-electron chi connectivity index (χ4n) is 2.66. The number of hydrogen-bond donors (Lipinski definition) is 2. The van der Waals surface area contributed by atoms with E-state index in [0.29, 0.717) is 10.4 Å². The van der Waals surface area contributed by atoms with Crippen LogP contribution in [0.4, 0.5) is 18.9 Å². The third-order valence-corrected chi connectivity index (χ3v) is 5.36. The van der Waals surface area contributed by atoms with Crippen LogP contribution >= 0.6 is 0 Å². The summed E-state index contributed by atoms with van der Waals surface area (Å²) in [5.41, 5.74) is 0.740. The molecule has 0 saturated heterocycles. The number of nitrogens with one attached hydrogen (secondary N) is 2. The smallest absolute Gasteiger partial charge is 0.388 e. The minimum atomic E-state index is -4.72. The van der Waals surface area contributed by atoms with E-state index in [2.05, 4.69) is 15.2 Å². The molecular formula is C18H17F3N4O2S. The van der Waals surface area contributed by atoms with Gasteiger partial charge in [-0.05, 0) is 42.8 Å². The molecule has 1 aromatic heterocycles. The first-order valence-electron chi connectivity index (χ1n) is 8.16. The Morgan fingerprint density at radius 3 is 2.29 bits per heavy atom. The van der Waals surface area contributed by atoms with E-state index in [1.54, 1.807) is 38.2 Å². The minimum Gasteiger partial charge on any atom is -0.388 e. The van der Waals surface area contributed by atoms with E-state index in [1.165, 1.54) is 24.3 Å². The van der Waals surface area contributed by atoms with Crippen molar-refractivity contribution < 1.29 is 21.6 Å². The first-order valence-corrected chi connectivity index (χ1v) is 9.64. The van der Waals surface area contributed by atoms with Crippen LogP contribution in [-0.4, -0.2) is 25.4 Å². The molecule has 3 rings (SSSR count). The highest BCUT2D eigenvalue weighted by molar-refractivity contribution is 7.92. The van der Waals surface area contributed by atoms with Crippen molar-refractivity contribution in [3.63, 3.8) is 0 Å². The van der Waals surface area contributed by atoms with Gasteiger partial charge in [0.05, 0.1) is 10.6 Å². The molecule has 0 saturated carbocycles. The average molecular weight is 410 g/mol. The minimum absolute atomic E-state index is 0.0300. The van der Waals surface area contributed by atoms with Gasteiger partial charge < -0.3 is 5.32 Å². The summed E-state index contributed by atoms with van der Waals surface area (Å²) in [5.74, 6) is 0.